The first-order chi connectivity index (χ1) is 11.7. The highest BCUT2D eigenvalue weighted by Crippen LogP contribution is 2.32. The fraction of sp³-hybridized carbons (Fsp3) is 0.235. The summed E-state index contributed by atoms with van der Waals surface area (Å²) in [6, 6.07) is 12.4. The van der Waals surface area contributed by atoms with E-state index in [-0.39, 0.29) is 29.0 Å². The molecule has 0 aliphatic rings. The zero-order chi connectivity index (χ0) is 18.6. The topological polar surface area (TPSA) is 87.4 Å². The second-order valence-electron chi connectivity index (χ2n) is 5.45. The van der Waals surface area contributed by atoms with E-state index in [2.05, 4.69) is 0 Å². The summed E-state index contributed by atoms with van der Waals surface area (Å²) in [5, 5.41) is 8.10. The molecule has 0 bridgehead atoms. The van der Waals surface area contributed by atoms with Crippen molar-refractivity contribution in [2.24, 2.45) is 0 Å². The summed E-state index contributed by atoms with van der Waals surface area (Å²) in [6.45, 7) is 1.21. The van der Waals surface area contributed by atoms with Gasteiger partial charge in [0.1, 0.15) is 22.8 Å². The Balaban J connectivity index is 2.37. The van der Waals surface area contributed by atoms with Crippen molar-refractivity contribution < 1.29 is 22.1 Å². The molecule has 0 saturated carbocycles. The number of benzene rings is 2. The summed E-state index contributed by atoms with van der Waals surface area (Å²) in [5.41, 5.74) is 0.401. The minimum absolute atomic E-state index is 0.192. The molecule has 5 nitrogen and oxygen atoms in total. The lowest BCUT2D eigenvalue weighted by Gasteiger charge is -2.16. The molecule has 1 N–H and O–H groups in total. The molecule has 2 unspecified atom stereocenters. The lowest BCUT2D eigenvalue weighted by molar-refractivity contribution is 0.329. The molecule has 0 aliphatic heterocycles. The van der Waals surface area contributed by atoms with Gasteiger partial charge in [0.05, 0.1) is 11.7 Å². The third kappa shape index (κ3) is 5.16. The van der Waals surface area contributed by atoms with E-state index in [1.165, 1.54) is 37.3 Å². The van der Waals surface area contributed by atoms with Crippen LogP contribution < -0.4 is 4.74 Å². The van der Waals surface area contributed by atoms with Gasteiger partial charge in [-0.3, -0.25) is 4.55 Å². The Kier molecular flexibility index (Phi) is 6.01. The first kappa shape index (κ1) is 19.2. The van der Waals surface area contributed by atoms with Crippen LogP contribution >= 0.6 is 11.6 Å². The van der Waals surface area contributed by atoms with Crippen LogP contribution in [0.4, 0.5) is 4.39 Å². The molecule has 0 amide bonds. The SMILES string of the molecule is CC(F)CC(c1cccc(Oc2ccc(Cl)cc2C#N)c1)S(=O)(=O)O. The average Bonchev–Trinajstić information content (AvgIpc) is 2.53. The van der Waals surface area contributed by atoms with E-state index < -0.39 is 21.5 Å². The van der Waals surface area contributed by atoms with Crippen molar-refractivity contribution in [2.75, 3.05) is 0 Å². The van der Waals surface area contributed by atoms with Crippen LogP contribution in [0.1, 0.15) is 29.7 Å². The molecule has 0 fully saturated rings. The minimum Gasteiger partial charge on any atom is -0.456 e. The van der Waals surface area contributed by atoms with Crippen molar-refractivity contribution in [1.82, 2.24) is 0 Å². The van der Waals surface area contributed by atoms with Gasteiger partial charge in [0.15, 0.2) is 0 Å². The van der Waals surface area contributed by atoms with Crippen LogP contribution in [0.25, 0.3) is 0 Å². The predicted octanol–water partition coefficient (Wildman–Crippen LogP) is 4.68. The van der Waals surface area contributed by atoms with E-state index in [1.54, 1.807) is 12.1 Å². The summed E-state index contributed by atoms with van der Waals surface area (Å²) in [5.74, 6) is 0.489. The van der Waals surface area contributed by atoms with Crippen LogP contribution in [0.2, 0.25) is 5.02 Å². The quantitative estimate of drug-likeness (QED) is 0.731. The molecule has 0 radical (unpaired) electrons. The van der Waals surface area contributed by atoms with Crippen molar-refractivity contribution in [1.29, 1.82) is 5.26 Å². The van der Waals surface area contributed by atoms with Crippen molar-refractivity contribution >= 4 is 21.7 Å². The molecule has 132 valence electrons. The average molecular weight is 384 g/mol. The maximum atomic E-state index is 13.3. The van der Waals surface area contributed by atoms with Gasteiger partial charge in [0.25, 0.3) is 10.1 Å². The van der Waals surface area contributed by atoms with Crippen molar-refractivity contribution in [3.63, 3.8) is 0 Å². The molecule has 0 heterocycles. The molecule has 2 rings (SSSR count). The van der Waals surface area contributed by atoms with Crippen LogP contribution in [0.3, 0.4) is 0 Å². The fourth-order valence-electron chi connectivity index (χ4n) is 2.31. The van der Waals surface area contributed by atoms with Crippen molar-refractivity contribution in [2.45, 2.75) is 24.8 Å². The lowest BCUT2D eigenvalue weighted by Crippen LogP contribution is -2.15. The Morgan fingerprint density at radius 3 is 2.64 bits per heavy atom. The van der Waals surface area contributed by atoms with Gasteiger partial charge in [-0.15, -0.1) is 0 Å². The third-order valence-corrected chi connectivity index (χ3v) is 4.84. The summed E-state index contributed by atoms with van der Waals surface area (Å²) < 4.78 is 51.4. The molecule has 0 aromatic heterocycles. The largest absolute Gasteiger partial charge is 0.456 e. The van der Waals surface area contributed by atoms with Gasteiger partial charge in [0, 0.05) is 11.4 Å². The molecule has 2 aromatic rings. The Hall–Kier alpha value is -2.14. The maximum absolute atomic E-state index is 13.3. The highest BCUT2D eigenvalue weighted by molar-refractivity contribution is 7.86. The molecule has 0 aliphatic carbocycles. The van der Waals surface area contributed by atoms with Crippen LogP contribution in [-0.4, -0.2) is 19.1 Å². The molecule has 2 aromatic carbocycles. The van der Waals surface area contributed by atoms with E-state index >= 15 is 0 Å². The van der Waals surface area contributed by atoms with E-state index in [1.807, 2.05) is 6.07 Å². The Morgan fingerprint density at radius 1 is 1.32 bits per heavy atom. The maximum Gasteiger partial charge on any atom is 0.272 e. The summed E-state index contributed by atoms with van der Waals surface area (Å²) in [4.78, 5) is 0. The lowest BCUT2D eigenvalue weighted by atomic mass is 10.1. The summed E-state index contributed by atoms with van der Waals surface area (Å²) in [6.07, 6.45) is -1.80. The first-order valence-electron chi connectivity index (χ1n) is 7.28. The number of hydrogen-bond donors (Lipinski definition) is 1. The standard InChI is InChI=1S/C17H15ClFNO4S/c1-11(19)7-17(25(21,22)23)12-3-2-4-15(9-12)24-16-6-5-14(18)8-13(16)10-20/h2-6,8-9,11,17H,7H2,1H3,(H,21,22,23). The van der Waals surface area contributed by atoms with E-state index in [9.17, 15) is 17.4 Å². The van der Waals surface area contributed by atoms with E-state index in [0.29, 0.717) is 5.02 Å². The first-order valence-corrected chi connectivity index (χ1v) is 9.16. The highest BCUT2D eigenvalue weighted by Gasteiger charge is 2.27. The smallest absolute Gasteiger partial charge is 0.272 e. The number of nitriles is 1. The van der Waals surface area contributed by atoms with Gasteiger partial charge < -0.3 is 4.74 Å². The van der Waals surface area contributed by atoms with Gasteiger partial charge in [-0.05, 0) is 42.8 Å². The highest BCUT2D eigenvalue weighted by atomic mass is 35.5. The van der Waals surface area contributed by atoms with Crippen molar-refractivity contribution in [3.05, 3.63) is 58.6 Å². The predicted molar refractivity (Wildman–Crippen MR) is 92.2 cm³/mol. The molecule has 0 saturated heterocycles. The minimum atomic E-state index is -4.49. The van der Waals surface area contributed by atoms with Gasteiger partial charge in [-0.2, -0.15) is 13.7 Å². The number of ether oxygens (including phenoxy) is 1. The summed E-state index contributed by atoms with van der Waals surface area (Å²) >= 11 is 5.83. The Morgan fingerprint density at radius 2 is 2.04 bits per heavy atom. The monoisotopic (exact) mass is 383 g/mol. The van der Waals surface area contributed by atoms with Gasteiger partial charge in [-0.1, -0.05) is 23.7 Å². The number of halogens is 2. The van der Waals surface area contributed by atoms with Crippen LogP contribution in [-0.2, 0) is 10.1 Å². The molecular formula is C17H15ClFNO4S. The second kappa shape index (κ2) is 7.83. The number of alkyl halides is 1. The zero-order valence-corrected chi connectivity index (χ0v) is 14.8. The number of nitrogens with zero attached hydrogens (tertiary/aromatic N) is 1. The Labute approximate surface area is 150 Å². The molecular weight excluding hydrogens is 369 g/mol. The normalized spacial score (nSPS) is 13.7. The Bertz CT molecular complexity index is 909. The molecule has 8 heteroatoms. The van der Waals surface area contributed by atoms with E-state index in [0.717, 1.165) is 0 Å². The number of rotatable bonds is 6. The molecule has 0 spiro atoms. The zero-order valence-electron chi connectivity index (χ0n) is 13.2. The van der Waals surface area contributed by atoms with E-state index in [4.69, 9.17) is 21.6 Å². The van der Waals surface area contributed by atoms with Gasteiger partial charge >= 0.3 is 0 Å². The molecule has 25 heavy (non-hydrogen) atoms. The number of hydrogen-bond acceptors (Lipinski definition) is 4. The van der Waals surface area contributed by atoms with Crippen LogP contribution in [0, 0.1) is 11.3 Å². The van der Waals surface area contributed by atoms with Crippen LogP contribution in [0.15, 0.2) is 42.5 Å². The van der Waals surface area contributed by atoms with Crippen molar-refractivity contribution in [3.8, 4) is 17.6 Å². The fourth-order valence-corrected chi connectivity index (χ4v) is 3.48. The van der Waals surface area contributed by atoms with Crippen LogP contribution in [0.5, 0.6) is 11.5 Å². The van der Waals surface area contributed by atoms with Gasteiger partial charge in [0.2, 0.25) is 0 Å². The third-order valence-electron chi connectivity index (χ3n) is 3.42. The summed E-state index contributed by atoms with van der Waals surface area (Å²) in [7, 11) is -4.49. The second-order valence-corrected chi connectivity index (χ2v) is 7.48. The molecule has 2 atom stereocenters. The van der Waals surface area contributed by atoms with Gasteiger partial charge in [-0.25, -0.2) is 4.39 Å².